The number of carbonyl (C=O) groups is 2. The molecule has 2 aromatic rings. The molecular formula is C24H33N3O5S. The second-order valence-electron chi connectivity index (χ2n) is 8.00. The number of nitrogens with zero attached hydrogens (tertiary/aromatic N) is 2. The SMILES string of the molecule is CCNC(=O)[C@H](C)N(Cc1cccc(OC)c1)C(=O)CN(c1ccc(C)cc1C)S(C)(=O)=O. The summed E-state index contributed by atoms with van der Waals surface area (Å²) in [6.45, 7) is 7.26. The lowest BCUT2D eigenvalue weighted by Gasteiger charge is -2.32. The molecule has 0 aromatic heterocycles. The van der Waals surface area contributed by atoms with Crippen molar-refractivity contribution in [2.24, 2.45) is 0 Å². The Morgan fingerprint density at radius 2 is 1.82 bits per heavy atom. The van der Waals surface area contributed by atoms with Crippen LogP contribution in [0.2, 0.25) is 0 Å². The van der Waals surface area contributed by atoms with E-state index in [0.29, 0.717) is 18.0 Å². The molecule has 2 amide bonds. The summed E-state index contributed by atoms with van der Waals surface area (Å²) in [5.41, 5.74) is 2.92. The summed E-state index contributed by atoms with van der Waals surface area (Å²) in [5.74, 6) is -0.174. The van der Waals surface area contributed by atoms with Crippen molar-refractivity contribution in [2.45, 2.75) is 40.3 Å². The van der Waals surface area contributed by atoms with Crippen molar-refractivity contribution in [3.63, 3.8) is 0 Å². The van der Waals surface area contributed by atoms with Gasteiger partial charge in [-0.2, -0.15) is 0 Å². The highest BCUT2D eigenvalue weighted by Gasteiger charge is 2.30. The summed E-state index contributed by atoms with van der Waals surface area (Å²) in [6.07, 6.45) is 1.07. The second-order valence-corrected chi connectivity index (χ2v) is 9.91. The lowest BCUT2D eigenvalue weighted by atomic mass is 10.1. The largest absolute Gasteiger partial charge is 0.497 e. The molecule has 0 aliphatic rings. The number of rotatable bonds is 10. The Hall–Kier alpha value is -3.07. The van der Waals surface area contributed by atoms with Crippen LogP contribution in [-0.2, 0) is 26.2 Å². The molecular weight excluding hydrogens is 442 g/mol. The van der Waals surface area contributed by atoms with Crippen LogP contribution in [0.4, 0.5) is 5.69 Å². The topological polar surface area (TPSA) is 96.0 Å². The van der Waals surface area contributed by atoms with Gasteiger partial charge in [-0.3, -0.25) is 13.9 Å². The van der Waals surface area contributed by atoms with Crippen molar-refractivity contribution in [1.82, 2.24) is 10.2 Å². The van der Waals surface area contributed by atoms with E-state index in [9.17, 15) is 18.0 Å². The lowest BCUT2D eigenvalue weighted by molar-refractivity contribution is -0.139. The summed E-state index contributed by atoms with van der Waals surface area (Å²) < 4.78 is 31.6. The van der Waals surface area contributed by atoms with Gasteiger partial charge in [-0.25, -0.2) is 8.42 Å². The van der Waals surface area contributed by atoms with Crippen molar-refractivity contribution < 1.29 is 22.7 Å². The maximum Gasteiger partial charge on any atom is 0.244 e. The van der Waals surface area contributed by atoms with Crippen molar-refractivity contribution in [3.8, 4) is 5.75 Å². The molecule has 2 rings (SSSR count). The third-order valence-electron chi connectivity index (χ3n) is 5.31. The number of carbonyl (C=O) groups excluding carboxylic acids is 2. The lowest BCUT2D eigenvalue weighted by Crippen LogP contribution is -2.51. The molecule has 0 unspecified atom stereocenters. The predicted molar refractivity (Wildman–Crippen MR) is 130 cm³/mol. The van der Waals surface area contributed by atoms with Crippen LogP contribution in [0.1, 0.15) is 30.5 Å². The Bertz CT molecular complexity index is 1100. The number of methoxy groups -OCH3 is 1. The van der Waals surface area contributed by atoms with Gasteiger partial charge in [0.25, 0.3) is 0 Å². The molecule has 0 fully saturated rings. The zero-order chi connectivity index (χ0) is 24.8. The third-order valence-corrected chi connectivity index (χ3v) is 6.43. The number of benzene rings is 2. The third kappa shape index (κ3) is 6.95. The van der Waals surface area contributed by atoms with Crippen molar-refractivity contribution in [1.29, 1.82) is 0 Å². The molecule has 2 aromatic carbocycles. The minimum Gasteiger partial charge on any atom is -0.497 e. The number of anilines is 1. The highest BCUT2D eigenvalue weighted by molar-refractivity contribution is 7.92. The van der Waals surface area contributed by atoms with Gasteiger partial charge in [0.2, 0.25) is 21.8 Å². The summed E-state index contributed by atoms with van der Waals surface area (Å²) in [4.78, 5) is 27.4. The number of nitrogens with one attached hydrogen (secondary N) is 1. The normalized spacial score (nSPS) is 12.1. The van der Waals surface area contributed by atoms with Gasteiger partial charge < -0.3 is 15.0 Å². The summed E-state index contributed by atoms with van der Waals surface area (Å²) in [6, 6.07) is 11.7. The Labute approximate surface area is 196 Å². The Morgan fingerprint density at radius 1 is 1.12 bits per heavy atom. The molecule has 1 atom stereocenters. The van der Waals surface area contributed by atoms with Crippen LogP contribution in [0, 0.1) is 13.8 Å². The Kier molecular flexibility index (Phi) is 8.87. The van der Waals surface area contributed by atoms with Gasteiger partial charge in [0.1, 0.15) is 18.3 Å². The zero-order valence-electron chi connectivity index (χ0n) is 20.1. The van der Waals surface area contributed by atoms with Gasteiger partial charge in [-0.1, -0.05) is 29.8 Å². The predicted octanol–water partition coefficient (Wildman–Crippen LogP) is 2.63. The monoisotopic (exact) mass is 475 g/mol. The van der Waals surface area contributed by atoms with E-state index in [4.69, 9.17) is 4.74 Å². The fraction of sp³-hybridized carbons (Fsp3) is 0.417. The van der Waals surface area contributed by atoms with Gasteiger partial charge in [-0.15, -0.1) is 0 Å². The Morgan fingerprint density at radius 3 is 2.39 bits per heavy atom. The first-order valence-corrected chi connectivity index (χ1v) is 12.6. The maximum atomic E-state index is 13.5. The van der Waals surface area contributed by atoms with Crippen LogP contribution in [0.3, 0.4) is 0 Å². The van der Waals surface area contributed by atoms with Crippen molar-refractivity contribution in [2.75, 3.05) is 30.8 Å². The van der Waals surface area contributed by atoms with E-state index in [-0.39, 0.29) is 12.5 Å². The number of sulfonamides is 1. The van der Waals surface area contributed by atoms with Crippen LogP contribution in [-0.4, -0.2) is 57.6 Å². The average Bonchev–Trinajstić information content (AvgIpc) is 2.75. The number of likely N-dealkylation sites (N-methyl/N-ethyl adjacent to an activating group) is 1. The second kappa shape index (κ2) is 11.2. The number of hydrogen-bond donors (Lipinski definition) is 1. The molecule has 8 nitrogen and oxygen atoms in total. The van der Waals surface area contributed by atoms with Gasteiger partial charge in [0.15, 0.2) is 0 Å². The van der Waals surface area contributed by atoms with Gasteiger partial charge >= 0.3 is 0 Å². The fourth-order valence-electron chi connectivity index (χ4n) is 3.55. The molecule has 0 saturated carbocycles. The molecule has 0 aliphatic carbocycles. The Balaban J connectivity index is 2.42. The molecule has 9 heteroatoms. The van der Waals surface area contributed by atoms with Gasteiger partial charge in [-0.05, 0) is 57.0 Å². The number of hydrogen-bond acceptors (Lipinski definition) is 5. The fourth-order valence-corrected chi connectivity index (χ4v) is 4.46. The summed E-state index contributed by atoms with van der Waals surface area (Å²) in [5, 5.41) is 2.73. The standard InChI is InChI=1S/C24H33N3O5S/c1-7-25-24(29)19(4)26(15-20-9-8-10-21(14-20)32-5)23(28)16-27(33(6,30)31)22-12-11-17(2)13-18(22)3/h8-14,19H,7,15-16H2,1-6H3,(H,25,29)/t19-/m0/s1. The molecule has 0 spiro atoms. The first-order valence-electron chi connectivity index (χ1n) is 10.7. The minimum absolute atomic E-state index is 0.124. The minimum atomic E-state index is -3.76. The summed E-state index contributed by atoms with van der Waals surface area (Å²) >= 11 is 0. The van der Waals surface area contributed by atoms with E-state index in [1.54, 1.807) is 58.2 Å². The quantitative estimate of drug-likeness (QED) is 0.570. The zero-order valence-corrected chi connectivity index (χ0v) is 20.9. The maximum absolute atomic E-state index is 13.5. The highest BCUT2D eigenvalue weighted by Crippen LogP contribution is 2.24. The number of amides is 2. The molecule has 0 saturated heterocycles. The molecule has 0 aliphatic heterocycles. The van der Waals surface area contributed by atoms with Crippen LogP contribution < -0.4 is 14.4 Å². The smallest absolute Gasteiger partial charge is 0.244 e. The molecule has 180 valence electrons. The van der Waals surface area contributed by atoms with Crippen LogP contribution in [0.5, 0.6) is 5.75 Å². The number of ether oxygens (including phenoxy) is 1. The first-order chi connectivity index (χ1) is 15.5. The molecule has 33 heavy (non-hydrogen) atoms. The van der Waals surface area contributed by atoms with E-state index in [1.165, 1.54) is 4.90 Å². The molecule has 0 bridgehead atoms. The van der Waals surface area contributed by atoms with Crippen molar-refractivity contribution >= 4 is 27.5 Å². The first kappa shape index (κ1) is 26.2. The average molecular weight is 476 g/mol. The molecule has 1 N–H and O–H groups in total. The van der Waals surface area contributed by atoms with E-state index < -0.39 is 28.5 Å². The molecule has 0 heterocycles. The number of aryl methyl sites for hydroxylation is 2. The van der Waals surface area contributed by atoms with Crippen LogP contribution in [0.15, 0.2) is 42.5 Å². The van der Waals surface area contributed by atoms with Gasteiger partial charge in [0.05, 0.1) is 19.1 Å². The van der Waals surface area contributed by atoms with E-state index in [0.717, 1.165) is 27.3 Å². The summed E-state index contributed by atoms with van der Waals surface area (Å²) in [7, 11) is -2.21. The van der Waals surface area contributed by atoms with Gasteiger partial charge in [0, 0.05) is 13.1 Å². The van der Waals surface area contributed by atoms with E-state index in [2.05, 4.69) is 5.32 Å². The highest BCUT2D eigenvalue weighted by atomic mass is 32.2. The van der Waals surface area contributed by atoms with Crippen LogP contribution in [0.25, 0.3) is 0 Å². The van der Waals surface area contributed by atoms with E-state index >= 15 is 0 Å². The van der Waals surface area contributed by atoms with Crippen molar-refractivity contribution in [3.05, 3.63) is 59.2 Å². The van der Waals surface area contributed by atoms with Crippen LogP contribution >= 0.6 is 0 Å². The van der Waals surface area contributed by atoms with E-state index in [1.807, 2.05) is 19.1 Å². The molecule has 0 radical (unpaired) electrons.